The lowest BCUT2D eigenvalue weighted by Gasteiger charge is -2.43. The molecule has 2 aliphatic heterocycles. The van der Waals surface area contributed by atoms with E-state index in [1.807, 2.05) is 0 Å². The molecule has 1 heteroatoms. The lowest BCUT2D eigenvalue weighted by molar-refractivity contribution is 0.0631. The van der Waals surface area contributed by atoms with Crippen molar-refractivity contribution < 1.29 is 4.74 Å². The van der Waals surface area contributed by atoms with Crippen LogP contribution in [-0.4, -0.2) is 0 Å². The number of ether oxygens (including phenoxy) is 1. The van der Waals surface area contributed by atoms with Gasteiger partial charge in [-0.2, -0.15) is 0 Å². The number of hydrogen-bond acceptors (Lipinski definition) is 1. The summed E-state index contributed by atoms with van der Waals surface area (Å²) in [7, 11) is 0. The van der Waals surface area contributed by atoms with E-state index in [1.165, 1.54) is 33.4 Å². The molecule has 1 aliphatic carbocycles. The van der Waals surface area contributed by atoms with Crippen LogP contribution in [0.1, 0.15) is 34.5 Å². The molecule has 0 aromatic heterocycles. The summed E-state index contributed by atoms with van der Waals surface area (Å²) in [6.07, 6.45) is 0.433. The maximum Gasteiger partial charge on any atom is 0.0913 e. The van der Waals surface area contributed by atoms with E-state index in [1.54, 1.807) is 0 Å². The van der Waals surface area contributed by atoms with Gasteiger partial charge in [0.05, 0.1) is 12.2 Å². The summed E-state index contributed by atoms with van der Waals surface area (Å²) in [5.74, 6) is 0.968. The van der Waals surface area contributed by atoms with E-state index < -0.39 is 0 Å². The van der Waals surface area contributed by atoms with Crippen molar-refractivity contribution >= 4 is 11.1 Å². The predicted molar refractivity (Wildman–Crippen MR) is 99.7 cm³/mol. The van der Waals surface area contributed by atoms with Gasteiger partial charge in [0, 0.05) is 11.8 Å². The van der Waals surface area contributed by atoms with E-state index >= 15 is 0 Å². The Kier molecular flexibility index (Phi) is 2.69. The summed E-state index contributed by atoms with van der Waals surface area (Å²) >= 11 is 0. The SMILES string of the molecule is c1ccc(C2=C(c3ccccc3)[C@H]3[C@@H]2[C@H]2O[C@@H]3c3ccccc32)cc1. The molecule has 0 saturated carbocycles. The van der Waals surface area contributed by atoms with Crippen molar-refractivity contribution in [1.29, 1.82) is 0 Å². The minimum Gasteiger partial charge on any atom is -0.364 e. The van der Waals surface area contributed by atoms with Gasteiger partial charge in [0.2, 0.25) is 0 Å². The molecule has 1 fully saturated rings. The van der Waals surface area contributed by atoms with Gasteiger partial charge in [-0.15, -0.1) is 0 Å². The third kappa shape index (κ3) is 1.71. The largest absolute Gasteiger partial charge is 0.364 e. The normalized spacial score (nSPS) is 28.5. The Morgan fingerprint density at radius 3 is 1.32 bits per heavy atom. The molecular weight excluding hydrogens is 304 g/mol. The Morgan fingerprint density at radius 2 is 0.880 bits per heavy atom. The molecule has 6 rings (SSSR count). The molecule has 3 aromatic rings. The highest BCUT2D eigenvalue weighted by atomic mass is 16.5. The topological polar surface area (TPSA) is 9.23 Å². The Hall–Kier alpha value is -2.64. The zero-order chi connectivity index (χ0) is 16.4. The first kappa shape index (κ1) is 13.6. The monoisotopic (exact) mass is 322 g/mol. The summed E-state index contributed by atoms with van der Waals surface area (Å²) in [5, 5.41) is 0. The van der Waals surface area contributed by atoms with Gasteiger partial charge < -0.3 is 4.74 Å². The van der Waals surface area contributed by atoms with Crippen molar-refractivity contribution in [3.63, 3.8) is 0 Å². The second-order valence-corrected chi connectivity index (χ2v) is 7.22. The van der Waals surface area contributed by atoms with Crippen LogP contribution in [0.4, 0.5) is 0 Å². The van der Waals surface area contributed by atoms with Crippen molar-refractivity contribution in [3.8, 4) is 0 Å². The Balaban J connectivity index is 1.57. The van der Waals surface area contributed by atoms with Gasteiger partial charge in [0.1, 0.15) is 0 Å². The lowest BCUT2D eigenvalue weighted by atomic mass is 9.57. The molecule has 120 valence electrons. The number of benzene rings is 3. The molecule has 3 aliphatic rings. The number of fused-ring (bicyclic) bond motifs is 8. The lowest BCUT2D eigenvalue weighted by Crippen LogP contribution is -2.33. The average Bonchev–Trinajstić information content (AvgIpc) is 3.17. The minimum atomic E-state index is 0.217. The van der Waals surface area contributed by atoms with Gasteiger partial charge in [0.25, 0.3) is 0 Å². The quantitative estimate of drug-likeness (QED) is 0.590. The Morgan fingerprint density at radius 1 is 0.480 bits per heavy atom. The zero-order valence-electron chi connectivity index (χ0n) is 13.8. The van der Waals surface area contributed by atoms with Gasteiger partial charge in [0.15, 0.2) is 0 Å². The van der Waals surface area contributed by atoms with Crippen LogP contribution in [0.2, 0.25) is 0 Å². The van der Waals surface area contributed by atoms with Crippen LogP contribution >= 0.6 is 0 Å². The molecule has 0 N–H and O–H groups in total. The standard InChI is InChI=1S/C24H18O/c1-3-9-15(10-4-1)19-20(16-11-5-2-6-12-16)22-21(19)23-17-13-7-8-14-18(17)24(22)25-23/h1-14,21-24H/t21-,22+,23+,24-. The molecule has 1 saturated heterocycles. The van der Waals surface area contributed by atoms with E-state index in [0.717, 1.165) is 0 Å². The van der Waals surface area contributed by atoms with Gasteiger partial charge in [-0.25, -0.2) is 0 Å². The van der Waals surface area contributed by atoms with Crippen molar-refractivity contribution in [3.05, 3.63) is 107 Å². The first-order chi connectivity index (χ1) is 12.4. The van der Waals surface area contributed by atoms with Crippen LogP contribution in [0.25, 0.3) is 11.1 Å². The summed E-state index contributed by atoms with van der Waals surface area (Å²) in [6.45, 7) is 0. The van der Waals surface area contributed by atoms with E-state index in [2.05, 4.69) is 84.9 Å². The molecule has 1 nitrogen and oxygen atoms in total. The molecule has 0 radical (unpaired) electrons. The Bertz CT molecular complexity index is 906. The molecule has 3 aromatic carbocycles. The molecule has 0 amide bonds. The van der Waals surface area contributed by atoms with Crippen LogP contribution in [0.15, 0.2) is 84.9 Å². The molecule has 0 spiro atoms. The summed E-state index contributed by atoms with van der Waals surface area (Å²) < 4.78 is 6.49. The van der Waals surface area contributed by atoms with Crippen LogP contribution < -0.4 is 0 Å². The summed E-state index contributed by atoms with van der Waals surface area (Å²) in [6, 6.07) is 30.5. The van der Waals surface area contributed by atoms with Crippen molar-refractivity contribution in [2.24, 2.45) is 11.8 Å². The fourth-order valence-electron chi connectivity index (χ4n) is 5.12. The zero-order valence-corrected chi connectivity index (χ0v) is 13.8. The second kappa shape index (κ2) is 4.93. The molecule has 2 heterocycles. The van der Waals surface area contributed by atoms with E-state index in [-0.39, 0.29) is 12.2 Å². The first-order valence-electron chi connectivity index (χ1n) is 9.02. The van der Waals surface area contributed by atoms with E-state index in [4.69, 9.17) is 4.74 Å². The van der Waals surface area contributed by atoms with Crippen LogP contribution in [0.3, 0.4) is 0 Å². The highest BCUT2D eigenvalue weighted by molar-refractivity contribution is 6.01. The fourth-order valence-corrected chi connectivity index (χ4v) is 5.12. The maximum absolute atomic E-state index is 6.49. The van der Waals surface area contributed by atoms with E-state index in [9.17, 15) is 0 Å². The van der Waals surface area contributed by atoms with Gasteiger partial charge >= 0.3 is 0 Å². The summed E-state index contributed by atoms with van der Waals surface area (Å²) in [5.41, 5.74) is 8.45. The van der Waals surface area contributed by atoms with Crippen LogP contribution in [-0.2, 0) is 4.74 Å². The number of rotatable bonds is 2. The maximum atomic E-state index is 6.49. The first-order valence-corrected chi connectivity index (χ1v) is 9.02. The highest BCUT2D eigenvalue weighted by Gasteiger charge is 2.60. The fraction of sp³-hybridized carbons (Fsp3) is 0.167. The second-order valence-electron chi connectivity index (χ2n) is 7.22. The van der Waals surface area contributed by atoms with Crippen LogP contribution in [0, 0.1) is 11.8 Å². The molecule has 4 atom stereocenters. The smallest absolute Gasteiger partial charge is 0.0913 e. The third-order valence-corrected chi connectivity index (χ3v) is 6.07. The van der Waals surface area contributed by atoms with E-state index in [0.29, 0.717) is 11.8 Å². The third-order valence-electron chi connectivity index (χ3n) is 6.07. The number of hydrogen-bond donors (Lipinski definition) is 0. The molecular formula is C24H18O. The highest BCUT2D eigenvalue weighted by Crippen LogP contribution is 2.70. The molecule has 2 bridgehead atoms. The van der Waals surface area contributed by atoms with Crippen molar-refractivity contribution in [1.82, 2.24) is 0 Å². The molecule has 0 unspecified atom stereocenters. The van der Waals surface area contributed by atoms with Crippen LogP contribution in [0.5, 0.6) is 0 Å². The average molecular weight is 322 g/mol. The minimum absolute atomic E-state index is 0.217. The molecule has 25 heavy (non-hydrogen) atoms. The summed E-state index contributed by atoms with van der Waals surface area (Å²) in [4.78, 5) is 0. The van der Waals surface area contributed by atoms with Crippen molar-refractivity contribution in [2.75, 3.05) is 0 Å². The van der Waals surface area contributed by atoms with Gasteiger partial charge in [-0.05, 0) is 33.4 Å². The predicted octanol–water partition coefficient (Wildman–Crippen LogP) is 5.67. The van der Waals surface area contributed by atoms with Gasteiger partial charge in [-0.3, -0.25) is 0 Å². The Labute approximate surface area is 147 Å². The van der Waals surface area contributed by atoms with Gasteiger partial charge in [-0.1, -0.05) is 84.9 Å². The van der Waals surface area contributed by atoms with Crippen molar-refractivity contribution in [2.45, 2.75) is 12.2 Å².